The Kier molecular flexibility index (Phi) is 2.76. The molecule has 14 heavy (non-hydrogen) atoms. The van der Waals surface area contributed by atoms with Crippen LogP contribution in [-0.4, -0.2) is 17.1 Å². The number of aliphatic hydroxyl groups excluding tert-OH is 1. The van der Waals surface area contributed by atoms with Crippen molar-refractivity contribution >= 4 is 28.8 Å². The highest BCUT2D eigenvalue weighted by molar-refractivity contribution is 7.16. The quantitative estimate of drug-likeness (QED) is 0.832. The maximum atomic E-state index is 11.4. The van der Waals surface area contributed by atoms with Crippen molar-refractivity contribution in [3.63, 3.8) is 0 Å². The predicted molar refractivity (Wildman–Crippen MR) is 55.5 cm³/mol. The molecule has 5 heteroatoms. The standard InChI is InChI=1S/C9H10ClNO2S/c10-7-4-3-6(14-7)8(12)9(13)11-5-1-2-5/h3-5,8,12H,1-2H2,(H,11,13). The van der Waals surface area contributed by atoms with Gasteiger partial charge in [0.2, 0.25) is 0 Å². The van der Waals surface area contributed by atoms with Gasteiger partial charge in [0, 0.05) is 10.9 Å². The van der Waals surface area contributed by atoms with E-state index in [-0.39, 0.29) is 11.9 Å². The number of halogens is 1. The number of thiophene rings is 1. The van der Waals surface area contributed by atoms with E-state index in [1.54, 1.807) is 12.1 Å². The Bertz CT molecular complexity index is 348. The van der Waals surface area contributed by atoms with Gasteiger partial charge < -0.3 is 10.4 Å². The molecule has 1 aromatic heterocycles. The van der Waals surface area contributed by atoms with E-state index < -0.39 is 6.10 Å². The Balaban J connectivity index is 1.99. The van der Waals surface area contributed by atoms with Crippen molar-refractivity contribution in [2.75, 3.05) is 0 Å². The van der Waals surface area contributed by atoms with Gasteiger partial charge in [-0.05, 0) is 25.0 Å². The molecule has 76 valence electrons. The summed E-state index contributed by atoms with van der Waals surface area (Å²) in [6.07, 6.45) is 0.959. The first-order valence-electron chi connectivity index (χ1n) is 4.40. The van der Waals surface area contributed by atoms with Crippen LogP contribution in [0.25, 0.3) is 0 Å². The third-order valence-corrected chi connectivity index (χ3v) is 3.32. The molecule has 0 spiro atoms. The third kappa shape index (κ3) is 2.26. The molecule has 0 saturated heterocycles. The lowest BCUT2D eigenvalue weighted by atomic mass is 10.3. The lowest BCUT2D eigenvalue weighted by Gasteiger charge is -2.08. The van der Waals surface area contributed by atoms with E-state index in [9.17, 15) is 9.90 Å². The molecular weight excluding hydrogens is 222 g/mol. The Morgan fingerprint density at radius 1 is 1.64 bits per heavy atom. The Morgan fingerprint density at radius 2 is 2.36 bits per heavy atom. The number of rotatable bonds is 3. The molecule has 0 aromatic carbocycles. The van der Waals surface area contributed by atoms with Gasteiger partial charge in [0.05, 0.1) is 4.34 Å². The number of hydrogen-bond donors (Lipinski definition) is 2. The minimum atomic E-state index is -1.08. The SMILES string of the molecule is O=C(NC1CC1)C(O)c1ccc(Cl)s1. The van der Waals surface area contributed by atoms with Crippen molar-refractivity contribution in [1.82, 2.24) is 5.32 Å². The fourth-order valence-electron chi connectivity index (χ4n) is 1.11. The molecule has 1 unspecified atom stereocenters. The maximum absolute atomic E-state index is 11.4. The number of nitrogens with one attached hydrogen (secondary N) is 1. The summed E-state index contributed by atoms with van der Waals surface area (Å²) in [5.41, 5.74) is 0. The molecule has 2 N–H and O–H groups in total. The molecule has 2 rings (SSSR count). The normalized spacial score (nSPS) is 17.9. The highest BCUT2D eigenvalue weighted by Crippen LogP contribution is 2.28. The summed E-state index contributed by atoms with van der Waals surface area (Å²) in [5.74, 6) is -0.328. The second kappa shape index (κ2) is 3.88. The zero-order valence-electron chi connectivity index (χ0n) is 7.37. The van der Waals surface area contributed by atoms with Gasteiger partial charge in [-0.3, -0.25) is 4.79 Å². The van der Waals surface area contributed by atoms with Gasteiger partial charge in [0.15, 0.2) is 6.10 Å². The highest BCUT2D eigenvalue weighted by Gasteiger charge is 2.27. The fraction of sp³-hybridized carbons (Fsp3) is 0.444. The zero-order valence-corrected chi connectivity index (χ0v) is 8.94. The van der Waals surface area contributed by atoms with E-state index in [1.807, 2.05) is 0 Å². The lowest BCUT2D eigenvalue weighted by Crippen LogP contribution is -2.30. The molecule has 3 nitrogen and oxygen atoms in total. The van der Waals surface area contributed by atoms with Crippen LogP contribution in [0.4, 0.5) is 0 Å². The highest BCUT2D eigenvalue weighted by atomic mass is 35.5. The second-order valence-corrected chi connectivity index (χ2v) is 5.07. The molecule has 1 aliphatic carbocycles. The van der Waals surface area contributed by atoms with Crippen LogP contribution in [0.2, 0.25) is 4.34 Å². The molecule has 1 heterocycles. The first-order chi connectivity index (χ1) is 6.66. The average molecular weight is 232 g/mol. The van der Waals surface area contributed by atoms with Crippen LogP contribution >= 0.6 is 22.9 Å². The Morgan fingerprint density at radius 3 is 2.86 bits per heavy atom. The second-order valence-electron chi connectivity index (χ2n) is 3.33. The molecule has 1 aliphatic rings. The van der Waals surface area contributed by atoms with E-state index in [2.05, 4.69) is 5.32 Å². The van der Waals surface area contributed by atoms with Gasteiger partial charge in [-0.1, -0.05) is 11.6 Å². The van der Waals surface area contributed by atoms with Crippen molar-refractivity contribution in [3.05, 3.63) is 21.3 Å². The van der Waals surface area contributed by atoms with E-state index >= 15 is 0 Å². The van der Waals surface area contributed by atoms with Crippen LogP contribution in [0.5, 0.6) is 0 Å². The number of hydrogen-bond acceptors (Lipinski definition) is 3. The minimum absolute atomic E-state index is 0.271. The van der Waals surface area contributed by atoms with E-state index in [1.165, 1.54) is 11.3 Å². The third-order valence-electron chi connectivity index (χ3n) is 2.04. The van der Waals surface area contributed by atoms with Crippen molar-refractivity contribution in [2.45, 2.75) is 25.0 Å². The van der Waals surface area contributed by atoms with Crippen LogP contribution in [-0.2, 0) is 4.79 Å². The molecule has 1 fully saturated rings. The van der Waals surface area contributed by atoms with Gasteiger partial charge in [-0.15, -0.1) is 11.3 Å². The van der Waals surface area contributed by atoms with Crippen LogP contribution in [0.1, 0.15) is 23.8 Å². The number of carbonyl (C=O) groups excluding carboxylic acids is 1. The average Bonchev–Trinajstić information content (AvgIpc) is 2.85. The van der Waals surface area contributed by atoms with E-state index in [0.717, 1.165) is 12.8 Å². The number of carbonyl (C=O) groups is 1. The van der Waals surface area contributed by atoms with Gasteiger partial charge in [-0.25, -0.2) is 0 Å². The zero-order chi connectivity index (χ0) is 10.1. The molecule has 1 atom stereocenters. The van der Waals surface area contributed by atoms with Crippen LogP contribution in [0.3, 0.4) is 0 Å². The molecule has 0 radical (unpaired) electrons. The topological polar surface area (TPSA) is 49.3 Å². The summed E-state index contributed by atoms with van der Waals surface area (Å²) in [4.78, 5) is 12.0. The van der Waals surface area contributed by atoms with Crippen molar-refractivity contribution < 1.29 is 9.90 Å². The van der Waals surface area contributed by atoms with Gasteiger partial charge in [0.1, 0.15) is 0 Å². The van der Waals surface area contributed by atoms with Crippen molar-refractivity contribution in [3.8, 4) is 0 Å². The van der Waals surface area contributed by atoms with Crippen LogP contribution in [0.15, 0.2) is 12.1 Å². The summed E-state index contributed by atoms with van der Waals surface area (Å²) < 4.78 is 0.582. The van der Waals surface area contributed by atoms with Crippen LogP contribution < -0.4 is 5.32 Å². The number of amides is 1. The summed E-state index contributed by atoms with van der Waals surface area (Å²) in [6.45, 7) is 0. The van der Waals surface area contributed by atoms with Crippen molar-refractivity contribution in [1.29, 1.82) is 0 Å². The first kappa shape index (κ1) is 9.96. The summed E-state index contributed by atoms with van der Waals surface area (Å²) in [5, 5.41) is 12.4. The van der Waals surface area contributed by atoms with Crippen LogP contribution in [0, 0.1) is 0 Å². The molecular formula is C9H10ClNO2S. The van der Waals surface area contributed by atoms with E-state index in [4.69, 9.17) is 11.6 Å². The number of aliphatic hydroxyl groups is 1. The van der Waals surface area contributed by atoms with Gasteiger partial charge in [0.25, 0.3) is 5.91 Å². The molecule has 1 amide bonds. The lowest BCUT2D eigenvalue weighted by molar-refractivity contribution is -0.129. The molecule has 0 aliphatic heterocycles. The van der Waals surface area contributed by atoms with Gasteiger partial charge >= 0.3 is 0 Å². The summed E-state index contributed by atoms with van der Waals surface area (Å²) >= 11 is 6.93. The Labute approximate surface area is 90.7 Å². The Hall–Kier alpha value is -0.580. The molecule has 1 aromatic rings. The minimum Gasteiger partial charge on any atom is -0.378 e. The molecule has 0 bridgehead atoms. The fourth-order valence-corrected chi connectivity index (χ4v) is 2.16. The van der Waals surface area contributed by atoms with E-state index in [0.29, 0.717) is 9.21 Å². The van der Waals surface area contributed by atoms with Gasteiger partial charge in [-0.2, -0.15) is 0 Å². The predicted octanol–water partition coefficient (Wildman–Crippen LogP) is 1.71. The molecule has 1 saturated carbocycles. The monoisotopic (exact) mass is 231 g/mol. The maximum Gasteiger partial charge on any atom is 0.254 e. The largest absolute Gasteiger partial charge is 0.378 e. The summed E-state index contributed by atoms with van der Waals surface area (Å²) in [7, 11) is 0. The smallest absolute Gasteiger partial charge is 0.254 e. The first-order valence-corrected chi connectivity index (χ1v) is 5.60. The van der Waals surface area contributed by atoms with Crippen molar-refractivity contribution in [2.24, 2.45) is 0 Å². The summed E-state index contributed by atoms with van der Waals surface area (Å²) in [6, 6.07) is 3.62.